The quantitative estimate of drug-likeness (QED) is 0.749. The third kappa shape index (κ3) is 5.56. The predicted octanol–water partition coefficient (Wildman–Crippen LogP) is 4.25. The van der Waals surface area contributed by atoms with Crippen molar-refractivity contribution in [1.82, 2.24) is 5.32 Å². The molecule has 134 valence electrons. The number of hydrogen-bond acceptors (Lipinski definition) is 3. The average Bonchev–Trinajstić information content (AvgIpc) is 2.57. The van der Waals surface area contributed by atoms with Crippen molar-refractivity contribution >= 4 is 23.0 Å². The summed E-state index contributed by atoms with van der Waals surface area (Å²) >= 11 is 5.16. The van der Waals surface area contributed by atoms with Gasteiger partial charge in [0, 0.05) is 18.3 Å². The van der Waals surface area contributed by atoms with Gasteiger partial charge >= 0.3 is 0 Å². The third-order valence-corrected chi connectivity index (χ3v) is 3.47. The molecule has 2 N–H and O–H groups in total. The van der Waals surface area contributed by atoms with Crippen molar-refractivity contribution in [3.63, 3.8) is 0 Å². The van der Waals surface area contributed by atoms with Gasteiger partial charge in [-0.15, -0.1) is 0 Å². The van der Waals surface area contributed by atoms with Crippen molar-refractivity contribution in [3.8, 4) is 11.5 Å². The summed E-state index contributed by atoms with van der Waals surface area (Å²) < 4.78 is 37.1. The van der Waals surface area contributed by atoms with E-state index in [0.717, 1.165) is 17.7 Å². The van der Waals surface area contributed by atoms with E-state index in [9.17, 15) is 8.78 Å². The van der Waals surface area contributed by atoms with Gasteiger partial charge in [0.1, 0.15) is 0 Å². The minimum Gasteiger partial charge on any atom is -0.493 e. The highest BCUT2D eigenvalue weighted by Crippen LogP contribution is 2.28. The molecular formula is C18H20F2N2O2S. The Labute approximate surface area is 151 Å². The van der Waals surface area contributed by atoms with Crippen LogP contribution in [0.2, 0.25) is 0 Å². The molecule has 0 atom stereocenters. The molecule has 4 nitrogen and oxygen atoms in total. The van der Waals surface area contributed by atoms with E-state index in [2.05, 4.69) is 10.6 Å². The second-order valence-electron chi connectivity index (χ2n) is 5.59. The van der Waals surface area contributed by atoms with Crippen molar-refractivity contribution in [3.05, 3.63) is 53.6 Å². The van der Waals surface area contributed by atoms with E-state index in [1.807, 2.05) is 32.0 Å². The lowest BCUT2D eigenvalue weighted by Crippen LogP contribution is -2.28. The number of halogens is 2. The number of thiocarbonyl (C=S) groups is 1. The molecule has 2 aromatic carbocycles. The predicted molar refractivity (Wildman–Crippen MR) is 98.2 cm³/mol. The molecule has 0 aliphatic carbocycles. The first kappa shape index (κ1) is 18.9. The average molecular weight is 366 g/mol. The normalized spacial score (nSPS) is 10.5. The molecule has 0 bridgehead atoms. The highest BCUT2D eigenvalue weighted by Gasteiger charge is 2.08. The van der Waals surface area contributed by atoms with Gasteiger partial charge in [-0.05, 0) is 55.9 Å². The van der Waals surface area contributed by atoms with E-state index >= 15 is 0 Å². The van der Waals surface area contributed by atoms with Crippen LogP contribution in [0.4, 0.5) is 14.5 Å². The van der Waals surface area contributed by atoms with E-state index in [4.69, 9.17) is 21.7 Å². The Morgan fingerprint density at radius 1 is 1.08 bits per heavy atom. The van der Waals surface area contributed by atoms with Crippen molar-refractivity contribution < 1.29 is 18.3 Å². The second kappa shape index (κ2) is 8.62. The number of anilines is 1. The van der Waals surface area contributed by atoms with Gasteiger partial charge in [-0.2, -0.15) is 0 Å². The van der Waals surface area contributed by atoms with E-state index in [0.29, 0.717) is 28.8 Å². The third-order valence-electron chi connectivity index (χ3n) is 3.22. The van der Waals surface area contributed by atoms with Gasteiger partial charge in [0.05, 0.1) is 13.2 Å². The summed E-state index contributed by atoms with van der Waals surface area (Å²) in [6, 6.07) is 9.08. The summed E-state index contributed by atoms with van der Waals surface area (Å²) in [4.78, 5) is 0. The molecule has 0 radical (unpaired) electrons. The van der Waals surface area contributed by atoms with Gasteiger partial charge in [0.2, 0.25) is 0 Å². The molecule has 0 unspecified atom stereocenters. The molecule has 0 amide bonds. The fourth-order valence-corrected chi connectivity index (χ4v) is 2.29. The van der Waals surface area contributed by atoms with Crippen molar-refractivity contribution in [1.29, 1.82) is 0 Å². The minimum absolute atomic E-state index is 0.0470. The maximum absolute atomic E-state index is 13.2. The summed E-state index contributed by atoms with van der Waals surface area (Å²) in [5.74, 6) is -0.533. The molecule has 0 aromatic heterocycles. The lowest BCUT2D eigenvalue weighted by molar-refractivity contribution is 0.230. The largest absolute Gasteiger partial charge is 0.493 e. The summed E-state index contributed by atoms with van der Waals surface area (Å²) in [7, 11) is 1.58. The monoisotopic (exact) mass is 366 g/mol. The molecule has 7 heteroatoms. The van der Waals surface area contributed by atoms with Crippen LogP contribution in [0.3, 0.4) is 0 Å². The minimum atomic E-state index is -0.932. The lowest BCUT2D eigenvalue weighted by atomic mass is 10.2. The van der Waals surface area contributed by atoms with Gasteiger partial charge in [0.15, 0.2) is 28.2 Å². The molecule has 2 aromatic rings. The van der Waals surface area contributed by atoms with Gasteiger partial charge in [-0.1, -0.05) is 6.07 Å². The van der Waals surface area contributed by atoms with Crippen LogP contribution in [-0.2, 0) is 6.54 Å². The summed E-state index contributed by atoms with van der Waals surface area (Å²) in [6.45, 7) is 4.32. The zero-order chi connectivity index (χ0) is 18.4. The van der Waals surface area contributed by atoms with Crippen molar-refractivity contribution in [2.75, 3.05) is 12.4 Å². The molecule has 25 heavy (non-hydrogen) atoms. The fourth-order valence-electron chi connectivity index (χ4n) is 2.10. The van der Waals surface area contributed by atoms with Crippen molar-refractivity contribution in [2.24, 2.45) is 0 Å². The van der Waals surface area contributed by atoms with Gasteiger partial charge in [-0.25, -0.2) is 8.78 Å². The zero-order valence-corrected chi connectivity index (χ0v) is 15.0. The maximum Gasteiger partial charge on any atom is 0.171 e. The number of rotatable bonds is 6. The number of methoxy groups -OCH3 is 1. The molecule has 0 saturated carbocycles. The van der Waals surface area contributed by atoms with Gasteiger partial charge in [0.25, 0.3) is 0 Å². The topological polar surface area (TPSA) is 42.5 Å². The first-order valence-electron chi connectivity index (χ1n) is 7.72. The van der Waals surface area contributed by atoms with E-state index in [1.165, 1.54) is 6.07 Å². The van der Waals surface area contributed by atoms with Gasteiger partial charge < -0.3 is 20.1 Å². The lowest BCUT2D eigenvalue weighted by Gasteiger charge is -2.15. The number of nitrogens with one attached hydrogen (secondary N) is 2. The first-order valence-corrected chi connectivity index (χ1v) is 8.13. The van der Waals surface area contributed by atoms with E-state index in [-0.39, 0.29) is 6.10 Å². The SMILES string of the molecule is COc1cc(CNC(=S)Nc2ccc(F)c(F)c2)ccc1OC(C)C. The molecule has 0 fully saturated rings. The molecule has 0 heterocycles. The molecule has 2 rings (SSSR count). The molecule has 0 spiro atoms. The van der Waals surface area contributed by atoms with Crippen LogP contribution in [0, 0.1) is 11.6 Å². The van der Waals surface area contributed by atoms with Crippen molar-refractivity contribution in [2.45, 2.75) is 26.5 Å². The molecule has 0 saturated heterocycles. The fraction of sp³-hybridized carbons (Fsp3) is 0.278. The van der Waals surface area contributed by atoms with Crippen LogP contribution < -0.4 is 20.1 Å². The van der Waals surface area contributed by atoms with Crippen LogP contribution in [0.1, 0.15) is 19.4 Å². The Kier molecular flexibility index (Phi) is 6.52. The molecule has 0 aliphatic heterocycles. The van der Waals surface area contributed by atoms with E-state index < -0.39 is 11.6 Å². The Hall–Kier alpha value is -2.41. The highest BCUT2D eigenvalue weighted by atomic mass is 32.1. The summed E-state index contributed by atoms with van der Waals surface area (Å²) in [5, 5.41) is 6.10. The second-order valence-corrected chi connectivity index (χ2v) is 6.00. The Morgan fingerprint density at radius 3 is 2.48 bits per heavy atom. The number of hydrogen-bond donors (Lipinski definition) is 2. The highest BCUT2D eigenvalue weighted by molar-refractivity contribution is 7.80. The maximum atomic E-state index is 13.2. The van der Waals surface area contributed by atoms with Gasteiger partial charge in [-0.3, -0.25) is 0 Å². The Balaban J connectivity index is 1.95. The molecule has 0 aliphatic rings. The Bertz CT molecular complexity index is 754. The van der Waals surface area contributed by atoms with Crippen LogP contribution in [0.5, 0.6) is 11.5 Å². The summed E-state index contributed by atoms with van der Waals surface area (Å²) in [5.41, 5.74) is 1.30. The van der Waals surface area contributed by atoms with Crippen LogP contribution in [0.15, 0.2) is 36.4 Å². The first-order chi connectivity index (χ1) is 11.9. The smallest absolute Gasteiger partial charge is 0.171 e. The standard InChI is InChI=1S/C18H20F2N2O2S/c1-11(2)24-16-7-4-12(8-17(16)23-3)10-21-18(25)22-13-5-6-14(19)15(20)9-13/h4-9,11H,10H2,1-3H3,(H2,21,22,25). The van der Waals surface area contributed by atoms with E-state index in [1.54, 1.807) is 7.11 Å². The van der Waals surface area contributed by atoms with Crippen LogP contribution in [-0.4, -0.2) is 18.3 Å². The van der Waals surface area contributed by atoms with Crippen LogP contribution in [0.25, 0.3) is 0 Å². The Morgan fingerprint density at radius 2 is 1.84 bits per heavy atom. The van der Waals surface area contributed by atoms with Crippen LogP contribution >= 0.6 is 12.2 Å². The number of benzene rings is 2. The summed E-state index contributed by atoms with van der Waals surface area (Å²) in [6.07, 6.45) is 0.0470. The zero-order valence-electron chi connectivity index (χ0n) is 14.2. The molecular weight excluding hydrogens is 346 g/mol. The number of ether oxygens (including phenoxy) is 2.